The van der Waals surface area contributed by atoms with E-state index in [1.165, 1.54) is 36.8 Å². The van der Waals surface area contributed by atoms with Gasteiger partial charge in [-0.1, -0.05) is 25.0 Å². The van der Waals surface area contributed by atoms with Crippen LogP contribution in [0.1, 0.15) is 43.0 Å². The number of hydrogen-bond acceptors (Lipinski definition) is 5. The van der Waals surface area contributed by atoms with Gasteiger partial charge in [-0.25, -0.2) is 12.7 Å². The molecule has 1 saturated heterocycles. The second-order valence-corrected chi connectivity index (χ2v) is 9.20. The van der Waals surface area contributed by atoms with Crippen molar-refractivity contribution in [2.24, 2.45) is 0 Å². The number of methoxy groups -OCH3 is 1. The van der Waals surface area contributed by atoms with Gasteiger partial charge in [0.2, 0.25) is 5.09 Å². The zero-order valence-electron chi connectivity index (χ0n) is 16.2. The summed E-state index contributed by atoms with van der Waals surface area (Å²) in [7, 11) is 1.14. The van der Waals surface area contributed by atoms with Crippen LogP contribution < -0.4 is 4.74 Å². The first-order valence-corrected chi connectivity index (χ1v) is 10.7. The highest BCUT2D eigenvalue weighted by Gasteiger charge is 2.26. The molecular weight excluding hydrogens is 364 g/mol. The van der Waals surface area contributed by atoms with Gasteiger partial charge < -0.3 is 9.15 Å². The molecule has 1 fully saturated rings. The van der Waals surface area contributed by atoms with Crippen molar-refractivity contribution in [3.05, 3.63) is 47.7 Å². The van der Waals surface area contributed by atoms with Crippen LogP contribution in [0, 0.1) is 0 Å². The minimum absolute atomic E-state index is 0.00156. The molecule has 1 aliphatic heterocycles. The SMILES string of the molecule is COc1ccc([C@@H]2CCCCCN2Cc2ccc(S(=O)(=O)N(C)C)o2)cc1. The average Bonchev–Trinajstić information content (AvgIpc) is 3.01. The van der Waals surface area contributed by atoms with E-state index >= 15 is 0 Å². The molecule has 0 radical (unpaired) electrons. The first kappa shape index (κ1) is 19.9. The molecule has 1 atom stereocenters. The van der Waals surface area contributed by atoms with E-state index in [0.29, 0.717) is 12.3 Å². The summed E-state index contributed by atoms with van der Waals surface area (Å²) in [5.74, 6) is 1.53. The standard InChI is InChI=1S/C20H28N2O4S/c1-21(2)27(23,24)20-13-12-18(26-20)15-22-14-6-4-5-7-19(22)16-8-10-17(25-3)11-9-16/h8-13,19H,4-7,14-15H2,1-3H3/t19-/m0/s1. The monoisotopic (exact) mass is 392 g/mol. The Hall–Kier alpha value is -1.83. The van der Waals surface area contributed by atoms with Crippen LogP contribution in [0.3, 0.4) is 0 Å². The van der Waals surface area contributed by atoms with Crippen LogP contribution in [0.5, 0.6) is 5.75 Å². The molecule has 0 aliphatic carbocycles. The Bertz CT molecular complexity index is 843. The lowest BCUT2D eigenvalue weighted by molar-refractivity contribution is 0.174. The summed E-state index contributed by atoms with van der Waals surface area (Å²) in [6, 6.07) is 11.8. The zero-order valence-corrected chi connectivity index (χ0v) is 17.0. The van der Waals surface area contributed by atoms with Crippen molar-refractivity contribution in [3.63, 3.8) is 0 Å². The minimum Gasteiger partial charge on any atom is -0.497 e. The van der Waals surface area contributed by atoms with Gasteiger partial charge in [0.25, 0.3) is 10.0 Å². The molecule has 7 heteroatoms. The summed E-state index contributed by atoms with van der Waals surface area (Å²) in [6.45, 7) is 1.56. The molecule has 1 aromatic heterocycles. The van der Waals surface area contributed by atoms with Crippen molar-refractivity contribution in [2.45, 2.75) is 43.4 Å². The molecule has 148 valence electrons. The molecule has 27 heavy (non-hydrogen) atoms. The quantitative estimate of drug-likeness (QED) is 0.751. The van der Waals surface area contributed by atoms with Gasteiger partial charge in [0, 0.05) is 20.1 Å². The maximum Gasteiger partial charge on any atom is 0.275 e. The van der Waals surface area contributed by atoms with Crippen molar-refractivity contribution in [1.29, 1.82) is 0 Å². The van der Waals surface area contributed by atoms with Gasteiger partial charge in [-0.2, -0.15) is 0 Å². The molecule has 0 spiro atoms. The van der Waals surface area contributed by atoms with Gasteiger partial charge in [-0.05, 0) is 49.2 Å². The molecule has 1 aromatic carbocycles. The van der Waals surface area contributed by atoms with E-state index < -0.39 is 10.0 Å². The fourth-order valence-corrected chi connectivity index (χ4v) is 4.33. The fraction of sp³-hybridized carbons (Fsp3) is 0.500. The van der Waals surface area contributed by atoms with Gasteiger partial charge in [0.15, 0.2) is 0 Å². The topological polar surface area (TPSA) is 63.0 Å². The maximum atomic E-state index is 12.2. The summed E-state index contributed by atoms with van der Waals surface area (Å²) in [6.07, 6.45) is 4.61. The van der Waals surface area contributed by atoms with Gasteiger partial charge in [0.05, 0.1) is 13.7 Å². The molecule has 6 nitrogen and oxygen atoms in total. The van der Waals surface area contributed by atoms with Crippen LogP contribution >= 0.6 is 0 Å². The lowest BCUT2D eigenvalue weighted by Gasteiger charge is -2.29. The van der Waals surface area contributed by atoms with E-state index in [-0.39, 0.29) is 11.1 Å². The van der Waals surface area contributed by atoms with Crippen LogP contribution in [0.15, 0.2) is 45.9 Å². The molecule has 2 aromatic rings. The number of ether oxygens (including phenoxy) is 1. The summed E-state index contributed by atoms with van der Waals surface area (Å²) in [5, 5.41) is -0.00156. The smallest absolute Gasteiger partial charge is 0.275 e. The first-order chi connectivity index (χ1) is 12.9. The highest BCUT2D eigenvalue weighted by atomic mass is 32.2. The Balaban J connectivity index is 1.81. The third-order valence-corrected chi connectivity index (χ3v) is 6.78. The van der Waals surface area contributed by atoms with E-state index in [4.69, 9.17) is 9.15 Å². The van der Waals surface area contributed by atoms with E-state index in [1.807, 2.05) is 12.1 Å². The molecule has 0 bridgehead atoms. The lowest BCUT2D eigenvalue weighted by atomic mass is 10.0. The van der Waals surface area contributed by atoms with Crippen molar-refractivity contribution < 1.29 is 17.6 Å². The summed E-state index contributed by atoms with van der Waals surface area (Å²) in [4.78, 5) is 2.39. The van der Waals surface area contributed by atoms with Gasteiger partial charge in [0.1, 0.15) is 11.5 Å². The molecule has 2 heterocycles. The molecule has 3 rings (SSSR count). The summed E-state index contributed by atoms with van der Waals surface area (Å²) >= 11 is 0. The highest BCUT2D eigenvalue weighted by Crippen LogP contribution is 2.32. The molecule has 0 amide bonds. The van der Waals surface area contributed by atoms with E-state index in [1.54, 1.807) is 19.2 Å². The van der Waals surface area contributed by atoms with Gasteiger partial charge in [-0.3, -0.25) is 4.90 Å². The van der Waals surface area contributed by atoms with E-state index in [9.17, 15) is 8.42 Å². The number of sulfonamides is 1. The summed E-state index contributed by atoms with van der Waals surface area (Å²) in [5.41, 5.74) is 1.25. The third-order valence-electron chi connectivity index (χ3n) is 5.10. The number of nitrogens with zero attached hydrogens (tertiary/aromatic N) is 2. The van der Waals surface area contributed by atoms with Crippen LogP contribution in [0.2, 0.25) is 0 Å². The normalized spacial score (nSPS) is 19.2. The highest BCUT2D eigenvalue weighted by molar-refractivity contribution is 7.88. The van der Waals surface area contributed by atoms with Crippen LogP contribution in [-0.2, 0) is 16.6 Å². The number of hydrogen-bond donors (Lipinski definition) is 0. The van der Waals surface area contributed by atoms with Crippen LogP contribution in [-0.4, -0.2) is 45.4 Å². The molecular formula is C20H28N2O4S. The molecule has 0 saturated carbocycles. The van der Waals surface area contributed by atoms with E-state index in [2.05, 4.69) is 17.0 Å². The second-order valence-electron chi connectivity index (χ2n) is 7.12. The van der Waals surface area contributed by atoms with Crippen LogP contribution in [0.4, 0.5) is 0 Å². The largest absolute Gasteiger partial charge is 0.497 e. The van der Waals surface area contributed by atoms with Crippen LogP contribution in [0.25, 0.3) is 0 Å². The molecule has 1 aliphatic rings. The predicted molar refractivity (Wildman–Crippen MR) is 104 cm³/mol. The minimum atomic E-state index is -3.54. The van der Waals surface area contributed by atoms with Gasteiger partial charge in [-0.15, -0.1) is 0 Å². The Morgan fingerprint density at radius 1 is 1.11 bits per heavy atom. The second kappa shape index (κ2) is 8.46. The Kier molecular flexibility index (Phi) is 6.24. The predicted octanol–water partition coefficient (Wildman–Crippen LogP) is 3.66. The van der Waals surface area contributed by atoms with Crippen molar-refractivity contribution in [3.8, 4) is 5.75 Å². The zero-order chi connectivity index (χ0) is 19.4. The Morgan fingerprint density at radius 2 is 1.85 bits per heavy atom. The summed E-state index contributed by atoms with van der Waals surface area (Å²) < 4.78 is 36.6. The third kappa shape index (κ3) is 4.54. The Morgan fingerprint density at radius 3 is 2.52 bits per heavy atom. The van der Waals surface area contributed by atoms with E-state index in [0.717, 1.165) is 25.1 Å². The first-order valence-electron chi connectivity index (χ1n) is 9.31. The lowest BCUT2D eigenvalue weighted by Crippen LogP contribution is -2.28. The van der Waals surface area contributed by atoms with Crippen molar-refractivity contribution in [1.82, 2.24) is 9.21 Å². The fourth-order valence-electron chi connectivity index (χ4n) is 3.52. The molecule has 0 N–H and O–H groups in total. The Labute approximate surface area is 161 Å². The molecule has 0 unspecified atom stereocenters. The van der Waals surface area contributed by atoms with Crippen molar-refractivity contribution >= 4 is 10.0 Å². The number of furan rings is 1. The number of benzene rings is 1. The number of rotatable bonds is 6. The average molecular weight is 393 g/mol. The van der Waals surface area contributed by atoms with Gasteiger partial charge >= 0.3 is 0 Å². The number of likely N-dealkylation sites (tertiary alicyclic amines) is 1. The maximum absolute atomic E-state index is 12.2. The van der Waals surface area contributed by atoms with Crippen molar-refractivity contribution in [2.75, 3.05) is 27.7 Å².